The maximum Gasteiger partial charge on any atom is 0.306 e. The van der Waals surface area contributed by atoms with Crippen LogP contribution in [0.15, 0.2) is 0 Å². The summed E-state index contributed by atoms with van der Waals surface area (Å²) in [5.74, 6) is -0.387. The first kappa shape index (κ1) is 29.3. The van der Waals surface area contributed by atoms with E-state index in [0.717, 1.165) is 19.3 Å². The number of rotatable bonds is 21. The van der Waals surface area contributed by atoms with Crippen LogP contribution in [-0.2, 0) is 14.3 Å². The Morgan fingerprint density at radius 1 is 0.812 bits per heavy atom. The lowest BCUT2D eigenvalue weighted by atomic mass is 10.0. The van der Waals surface area contributed by atoms with E-state index in [2.05, 4.69) is 6.92 Å². The number of hydrogen-bond donors (Lipinski definition) is 3. The number of hydrogen-bond acceptors (Lipinski definition) is 6. The van der Waals surface area contributed by atoms with Gasteiger partial charge in [-0.05, 0) is 6.42 Å². The van der Waals surface area contributed by atoms with Gasteiger partial charge >= 0.3 is 5.97 Å². The van der Waals surface area contributed by atoms with Crippen molar-refractivity contribution >= 4 is 5.97 Å². The van der Waals surface area contributed by atoms with E-state index < -0.39 is 31.0 Å². The van der Waals surface area contributed by atoms with Crippen molar-refractivity contribution in [2.45, 2.75) is 147 Å². The molecule has 6 nitrogen and oxygen atoms in total. The summed E-state index contributed by atoms with van der Waals surface area (Å²) in [6, 6.07) is 0. The van der Waals surface area contributed by atoms with Gasteiger partial charge in [0.2, 0.25) is 0 Å². The van der Waals surface area contributed by atoms with Crippen LogP contribution in [0.2, 0.25) is 0 Å². The Hall–Kier alpha value is -0.690. The molecule has 0 spiro atoms. The maximum atomic E-state index is 12.0. The summed E-state index contributed by atoms with van der Waals surface area (Å²) in [7, 11) is 0. The summed E-state index contributed by atoms with van der Waals surface area (Å²) in [4.78, 5) is 12.0. The fraction of sp³-hybridized carbons (Fsp3) is 0.962. The van der Waals surface area contributed by atoms with Crippen molar-refractivity contribution in [3.63, 3.8) is 0 Å². The third-order valence-electron chi connectivity index (χ3n) is 6.50. The second kappa shape index (κ2) is 19.7. The van der Waals surface area contributed by atoms with Crippen LogP contribution in [0.1, 0.15) is 122 Å². The zero-order valence-electron chi connectivity index (χ0n) is 20.5. The highest BCUT2D eigenvalue weighted by molar-refractivity contribution is 5.69. The fourth-order valence-corrected chi connectivity index (χ4v) is 4.38. The van der Waals surface area contributed by atoms with Crippen molar-refractivity contribution in [2.24, 2.45) is 0 Å². The zero-order valence-corrected chi connectivity index (χ0v) is 20.5. The molecule has 0 aromatic heterocycles. The van der Waals surface area contributed by atoms with E-state index in [1.807, 2.05) is 0 Å². The Labute approximate surface area is 196 Å². The van der Waals surface area contributed by atoms with Crippen LogP contribution in [0.25, 0.3) is 0 Å². The highest BCUT2D eigenvalue weighted by Gasteiger charge is 2.41. The molecule has 1 heterocycles. The third kappa shape index (κ3) is 13.8. The largest absolute Gasteiger partial charge is 0.457 e. The Balaban J connectivity index is 1.86. The predicted molar refractivity (Wildman–Crippen MR) is 127 cm³/mol. The Morgan fingerprint density at radius 2 is 1.25 bits per heavy atom. The number of carbonyl (C=O) groups is 1. The van der Waals surface area contributed by atoms with Gasteiger partial charge in [-0.25, -0.2) is 0 Å². The number of unbranched alkanes of at least 4 members (excludes halogenated alkanes) is 16. The van der Waals surface area contributed by atoms with Crippen LogP contribution < -0.4 is 0 Å². The van der Waals surface area contributed by atoms with Crippen LogP contribution in [0, 0.1) is 0 Å². The van der Waals surface area contributed by atoms with Gasteiger partial charge < -0.3 is 24.8 Å². The first-order chi connectivity index (χ1) is 15.6. The van der Waals surface area contributed by atoms with Crippen molar-refractivity contribution in [3.8, 4) is 0 Å². The first-order valence-corrected chi connectivity index (χ1v) is 13.4. The highest BCUT2D eigenvalue weighted by atomic mass is 16.6. The van der Waals surface area contributed by atoms with Crippen molar-refractivity contribution in [3.05, 3.63) is 0 Å². The van der Waals surface area contributed by atoms with Gasteiger partial charge in [-0.3, -0.25) is 4.79 Å². The minimum absolute atomic E-state index is 0.0148. The molecule has 1 aliphatic heterocycles. The van der Waals surface area contributed by atoms with E-state index in [1.54, 1.807) is 0 Å². The molecule has 0 bridgehead atoms. The molecule has 1 aliphatic rings. The molecule has 1 rings (SSSR count). The van der Waals surface area contributed by atoms with Gasteiger partial charge in [0.15, 0.2) is 6.10 Å². The van der Waals surface area contributed by atoms with Crippen molar-refractivity contribution in [1.29, 1.82) is 0 Å². The molecule has 0 radical (unpaired) electrons. The third-order valence-corrected chi connectivity index (χ3v) is 6.50. The van der Waals surface area contributed by atoms with Gasteiger partial charge in [-0.15, -0.1) is 0 Å². The molecular weight excluding hydrogens is 408 g/mol. The fourth-order valence-electron chi connectivity index (χ4n) is 4.38. The molecular formula is C26H50O6. The standard InChI is InChI=1S/C26H50O6/c1-2-3-4-5-6-7-8-9-10-11-12-13-14-15-16-17-18-19-24(29)32-23(20-27)26-25(30)22(28)21-31-26/h22-23,25-28,30H,2-21H2,1H3/t22-,23?,25-,26?/m1/s1. The summed E-state index contributed by atoms with van der Waals surface area (Å²) < 4.78 is 10.5. The van der Waals surface area contributed by atoms with Crippen molar-refractivity contribution in [1.82, 2.24) is 0 Å². The van der Waals surface area contributed by atoms with E-state index in [9.17, 15) is 20.1 Å². The minimum Gasteiger partial charge on any atom is -0.457 e. The average molecular weight is 459 g/mol. The van der Waals surface area contributed by atoms with Gasteiger partial charge in [-0.2, -0.15) is 0 Å². The first-order valence-electron chi connectivity index (χ1n) is 13.4. The molecule has 1 fully saturated rings. The van der Waals surface area contributed by atoms with E-state index in [0.29, 0.717) is 6.42 Å². The van der Waals surface area contributed by atoms with Gasteiger partial charge in [0.25, 0.3) is 0 Å². The summed E-state index contributed by atoms with van der Waals surface area (Å²) >= 11 is 0. The highest BCUT2D eigenvalue weighted by Crippen LogP contribution is 2.20. The number of aliphatic hydroxyl groups excluding tert-OH is 3. The molecule has 2 unspecified atom stereocenters. The lowest BCUT2D eigenvalue weighted by Crippen LogP contribution is -2.43. The SMILES string of the molecule is CCCCCCCCCCCCCCCCCCCC(=O)OC(CO)C1OC[C@@H](O)[C@H]1O. The van der Waals surface area contributed by atoms with Gasteiger partial charge in [-0.1, -0.05) is 110 Å². The van der Waals surface area contributed by atoms with Gasteiger partial charge in [0, 0.05) is 6.42 Å². The predicted octanol–water partition coefficient (Wildman–Crippen LogP) is 5.05. The molecule has 32 heavy (non-hydrogen) atoms. The van der Waals surface area contributed by atoms with Crippen LogP contribution in [0.3, 0.4) is 0 Å². The molecule has 0 aromatic carbocycles. The Kier molecular flexibility index (Phi) is 18.1. The molecule has 0 aromatic rings. The molecule has 1 saturated heterocycles. The summed E-state index contributed by atoms with van der Waals surface area (Å²) in [5.41, 5.74) is 0. The number of ether oxygens (including phenoxy) is 2. The molecule has 190 valence electrons. The van der Waals surface area contributed by atoms with Gasteiger partial charge in [0.1, 0.15) is 18.3 Å². The van der Waals surface area contributed by atoms with Crippen LogP contribution in [0.5, 0.6) is 0 Å². The summed E-state index contributed by atoms with van der Waals surface area (Å²) in [6.45, 7) is 1.82. The lowest BCUT2D eigenvalue weighted by molar-refractivity contribution is -0.162. The summed E-state index contributed by atoms with van der Waals surface area (Å²) in [6.07, 6.45) is 18.3. The number of esters is 1. The smallest absolute Gasteiger partial charge is 0.306 e. The second-order valence-corrected chi connectivity index (χ2v) is 9.47. The lowest BCUT2D eigenvalue weighted by Gasteiger charge is -2.24. The normalized spacial score (nSPS) is 21.7. The molecule has 3 N–H and O–H groups in total. The monoisotopic (exact) mass is 458 g/mol. The van der Waals surface area contributed by atoms with Crippen LogP contribution in [-0.4, -0.2) is 58.9 Å². The Bertz CT molecular complexity index is 444. The quantitative estimate of drug-likeness (QED) is 0.164. The topological polar surface area (TPSA) is 96.2 Å². The number of aliphatic hydroxyl groups is 3. The van der Waals surface area contributed by atoms with E-state index in [-0.39, 0.29) is 12.6 Å². The van der Waals surface area contributed by atoms with Crippen LogP contribution in [0.4, 0.5) is 0 Å². The molecule has 0 aliphatic carbocycles. The minimum atomic E-state index is -1.14. The Morgan fingerprint density at radius 3 is 1.62 bits per heavy atom. The average Bonchev–Trinajstić information content (AvgIpc) is 3.12. The van der Waals surface area contributed by atoms with Crippen molar-refractivity contribution in [2.75, 3.05) is 13.2 Å². The number of carbonyl (C=O) groups excluding carboxylic acids is 1. The van der Waals surface area contributed by atoms with E-state index in [1.165, 1.54) is 89.9 Å². The summed E-state index contributed by atoms with van der Waals surface area (Å²) in [5, 5.41) is 28.8. The molecule has 0 saturated carbocycles. The maximum absolute atomic E-state index is 12.0. The molecule has 4 atom stereocenters. The molecule has 0 amide bonds. The van der Waals surface area contributed by atoms with E-state index in [4.69, 9.17) is 9.47 Å². The van der Waals surface area contributed by atoms with E-state index >= 15 is 0 Å². The van der Waals surface area contributed by atoms with Gasteiger partial charge in [0.05, 0.1) is 13.2 Å². The second-order valence-electron chi connectivity index (χ2n) is 9.47. The molecule has 6 heteroatoms. The zero-order chi connectivity index (χ0) is 23.4. The van der Waals surface area contributed by atoms with Crippen LogP contribution >= 0.6 is 0 Å². The van der Waals surface area contributed by atoms with Crippen molar-refractivity contribution < 1.29 is 29.6 Å².